The summed E-state index contributed by atoms with van der Waals surface area (Å²) in [5, 5.41) is 5.17. The van der Waals surface area contributed by atoms with Gasteiger partial charge < -0.3 is 19.4 Å². The van der Waals surface area contributed by atoms with Gasteiger partial charge in [-0.05, 0) is 73.2 Å². The first-order chi connectivity index (χ1) is 16.5. The molecule has 0 aliphatic carbocycles. The topological polar surface area (TPSA) is 50.5 Å². The molecule has 0 bridgehead atoms. The molecule has 172 valence electrons. The molecule has 2 atom stereocenters. The van der Waals surface area contributed by atoms with Crippen molar-refractivity contribution in [3.05, 3.63) is 100.0 Å². The van der Waals surface area contributed by atoms with Crippen molar-refractivity contribution >= 4 is 46.2 Å². The van der Waals surface area contributed by atoms with Crippen LogP contribution in [-0.4, -0.2) is 17.2 Å². The quantitative estimate of drug-likeness (QED) is 0.288. The number of anilines is 1. The molecule has 1 N–H and O–H groups in total. The summed E-state index contributed by atoms with van der Waals surface area (Å²) in [5.41, 5.74) is 3.59. The van der Waals surface area contributed by atoms with E-state index in [0.29, 0.717) is 20.9 Å². The van der Waals surface area contributed by atoms with Crippen molar-refractivity contribution in [2.75, 3.05) is 12.0 Å². The molecule has 1 aliphatic heterocycles. The second-order valence-corrected chi connectivity index (χ2v) is 9.13. The van der Waals surface area contributed by atoms with Gasteiger partial charge in [-0.25, -0.2) is 0 Å². The highest BCUT2D eigenvalue weighted by Gasteiger charge is 2.42. The highest BCUT2D eigenvalue weighted by Crippen LogP contribution is 2.44. The fourth-order valence-corrected chi connectivity index (χ4v) is 5.03. The van der Waals surface area contributed by atoms with Crippen LogP contribution in [-0.2, 0) is 0 Å². The largest absolute Gasteiger partial charge is 0.495 e. The molecule has 5 nitrogen and oxygen atoms in total. The average Bonchev–Trinajstić information content (AvgIpc) is 3.46. The highest BCUT2D eigenvalue weighted by molar-refractivity contribution is 7.80. The predicted molar refractivity (Wildman–Crippen MR) is 140 cm³/mol. The Balaban J connectivity index is 1.62. The van der Waals surface area contributed by atoms with Crippen LogP contribution in [0.1, 0.15) is 29.1 Å². The lowest BCUT2D eigenvalue weighted by Crippen LogP contribution is -2.29. The standard InChI is InChI=1S/C26H21Cl2N3O2S/c1-15-17(6-5-7-18(15)27)21-11-12-23(33-21)25-24(20-8-3-4-13-29-20)30-26(34)31(25)16-9-10-22(32-2)19(28)14-16/h3-14,24-25H,1-2H3,(H,30,34)/t24-,25-/m1/s1. The number of ether oxygens (including phenoxy) is 1. The zero-order chi connectivity index (χ0) is 23.8. The van der Waals surface area contributed by atoms with Gasteiger partial charge in [-0.1, -0.05) is 41.4 Å². The minimum Gasteiger partial charge on any atom is -0.495 e. The lowest BCUT2D eigenvalue weighted by atomic mass is 10.0. The van der Waals surface area contributed by atoms with Gasteiger partial charge in [0.15, 0.2) is 5.11 Å². The molecular formula is C26H21Cl2N3O2S. The van der Waals surface area contributed by atoms with Crippen LogP contribution in [0.5, 0.6) is 5.75 Å². The number of nitrogens with one attached hydrogen (secondary N) is 1. The Labute approximate surface area is 213 Å². The van der Waals surface area contributed by atoms with E-state index >= 15 is 0 Å². The van der Waals surface area contributed by atoms with Crippen LogP contribution >= 0.6 is 35.4 Å². The normalized spacial score (nSPS) is 17.6. The maximum atomic E-state index is 6.46. The average molecular weight is 510 g/mol. The maximum absolute atomic E-state index is 6.46. The van der Waals surface area contributed by atoms with Gasteiger partial charge >= 0.3 is 0 Å². The summed E-state index contributed by atoms with van der Waals surface area (Å²) in [6.45, 7) is 1.98. The molecule has 4 aromatic rings. The van der Waals surface area contributed by atoms with E-state index < -0.39 is 0 Å². The van der Waals surface area contributed by atoms with Crippen molar-refractivity contribution in [3.8, 4) is 17.1 Å². The summed E-state index contributed by atoms with van der Waals surface area (Å²) >= 11 is 18.6. The lowest BCUT2D eigenvalue weighted by molar-refractivity contribution is 0.415. The molecule has 3 heterocycles. The molecule has 1 fully saturated rings. The number of benzene rings is 2. The van der Waals surface area contributed by atoms with Gasteiger partial charge in [0.1, 0.15) is 23.3 Å². The first kappa shape index (κ1) is 22.7. The molecule has 0 spiro atoms. The van der Waals surface area contributed by atoms with Crippen LogP contribution in [0.15, 0.2) is 77.3 Å². The number of nitrogens with zero attached hydrogens (tertiary/aromatic N) is 2. The zero-order valence-corrected chi connectivity index (χ0v) is 20.8. The summed E-state index contributed by atoms with van der Waals surface area (Å²) in [7, 11) is 1.59. The van der Waals surface area contributed by atoms with Gasteiger partial charge in [-0.15, -0.1) is 0 Å². The summed E-state index contributed by atoms with van der Waals surface area (Å²) in [5.74, 6) is 2.07. The Morgan fingerprint density at radius 1 is 1.03 bits per heavy atom. The molecule has 5 rings (SSSR count). The number of rotatable bonds is 5. The number of hydrogen-bond acceptors (Lipinski definition) is 4. The summed E-state index contributed by atoms with van der Waals surface area (Å²) in [6.07, 6.45) is 1.77. The van der Waals surface area contributed by atoms with Gasteiger partial charge in [0, 0.05) is 22.5 Å². The van der Waals surface area contributed by atoms with E-state index in [2.05, 4.69) is 10.3 Å². The van der Waals surface area contributed by atoms with Gasteiger partial charge in [0.2, 0.25) is 0 Å². The molecule has 2 aromatic carbocycles. The van der Waals surface area contributed by atoms with E-state index in [-0.39, 0.29) is 12.1 Å². The fourth-order valence-electron chi connectivity index (χ4n) is 4.26. The molecule has 0 unspecified atom stereocenters. The third-order valence-electron chi connectivity index (χ3n) is 5.96. The minimum atomic E-state index is -0.292. The van der Waals surface area contributed by atoms with E-state index in [1.165, 1.54) is 0 Å². The number of aromatic nitrogens is 1. The monoisotopic (exact) mass is 509 g/mol. The van der Waals surface area contributed by atoms with Crippen molar-refractivity contribution in [1.29, 1.82) is 0 Å². The minimum absolute atomic E-state index is 0.228. The first-order valence-electron chi connectivity index (χ1n) is 10.7. The zero-order valence-electron chi connectivity index (χ0n) is 18.5. The smallest absolute Gasteiger partial charge is 0.174 e. The molecular weight excluding hydrogens is 489 g/mol. The third-order valence-corrected chi connectivity index (χ3v) is 6.98. The Kier molecular flexibility index (Phi) is 6.21. The first-order valence-corrected chi connectivity index (χ1v) is 11.8. The van der Waals surface area contributed by atoms with Gasteiger partial charge in [0.25, 0.3) is 0 Å². The fraction of sp³-hybridized carbons (Fsp3) is 0.154. The summed E-state index contributed by atoms with van der Waals surface area (Å²) in [6, 6.07) is 20.6. The number of thiocarbonyl (C=S) groups is 1. The van der Waals surface area contributed by atoms with Crippen molar-refractivity contribution in [1.82, 2.24) is 10.3 Å². The van der Waals surface area contributed by atoms with Gasteiger partial charge in [-0.2, -0.15) is 0 Å². The van der Waals surface area contributed by atoms with Gasteiger partial charge in [0.05, 0.1) is 23.9 Å². The molecule has 8 heteroatoms. The van der Waals surface area contributed by atoms with Crippen LogP contribution < -0.4 is 15.0 Å². The maximum Gasteiger partial charge on any atom is 0.174 e. The highest BCUT2D eigenvalue weighted by atomic mass is 35.5. The van der Waals surface area contributed by atoms with E-state index in [1.54, 1.807) is 13.3 Å². The molecule has 34 heavy (non-hydrogen) atoms. The number of furan rings is 1. The van der Waals surface area contributed by atoms with Crippen LogP contribution in [0.2, 0.25) is 10.0 Å². The second-order valence-electron chi connectivity index (χ2n) is 7.93. The number of methoxy groups -OCH3 is 1. The van der Waals surface area contributed by atoms with E-state index in [9.17, 15) is 0 Å². The Morgan fingerprint density at radius 3 is 2.62 bits per heavy atom. The van der Waals surface area contributed by atoms with E-state index in [4.69, 9.17) is 44.6 Å². The van der Waals surface area contributed by atoms with Crippen molar-refractivity contribution < 1.29 is 9.15 Å². The van der Waals surface area contributed by atoms with Crippen molar-refractivity contribution in [3.63, 3.8) is 0 Å². The Morgan fingerprint density at radius 2 is 1.88 bits per heavy atom. The van der Waals surface area contributed by atoms with Crippen LogP contribution in [0.4, 0.5) is 5.69 Å². The molecule has 1 aliphatic rings. The van der Waals surface area contributed by atoms with Gasteiger partial charge in [-0.3, -0.25) is 4.98 Å². The molecule has 2 aromatic heterocycles. The summed E-state index contributed by atoms with van der Waals surface area (Å²) in [4.78, 5) is 6.59. The molecule has 0 amide bonds. The number of pyridine rings is 1. The molecule has 0 saturated carbocycles. The van der Waals surface area contributed by atoms with Crippen molar-refractivity contribution in [2.24, 2.45) is 0 Å². The van der Waals surface area contributed by atoms with Crippen LogP contribution in [0, 0.1) is 6.92 Å². The number of halogens is 2. The Bertz CT molecular complexity index is 1360. The van der Waals surface area contributed by atoms with E-state index in [0.717, 1.165) is 34.0 Å². The number of hydrogen-bond donors (Lipinski definition) is 1. The lowest BCUT2D eigenvalue weighted by Gasteiger charge is -2.26. The molecule has 1 saturated heterocycles. The van der Waals surface area contributed by atoms with Crippen LogP contribution in [0.25, 0.3) is 11.3 Å². The van der Waals surface area contributed by atoms with Crippen LogP contribution in [0.3, 0.4) is 0 Å². The SMILES string of the molecule is COc1ccc(N2C(=S)N[C@H](c3ccccn3)[C@H]2c2ccc(-c3cccc(Cl)c3C)o2)cc1Cl. The molecule has 0 radical (unpaired) electrons. The summed E-state index contributed by atoms with van der Waals surface area (Å²) < 4.78 is 11.8. The third kappa shape index (κ3) is 4.02. The van der Waals surface area contributed by atoms with E-state index in [1.807, 2.05) is 78.6 Å². The predicted octanol–water partition coefficient (Wildman–Crippen LogP) is 7.14. The van der Waals surface area contributed by atoms with Crippen molar-refractivity contribution in [2.45, 2.75) is 19.0 Å². The Hall–Kier alpha value is -3.06. The second kappa shape index (κ2) is 9.29.